The van der Waals surface area contributed by atoms with Crippen LogP contribution in [0.2, 0.25) is 5.02 Å². The summed E-state index contributed by atoms with van der Waals surface area (Å²) in [6.45, 7) is 2.50. The Balaban J connectivity index is 1.32. The SMILES string of the molecule is Cc1ccc(COc2ccc(C3C(C#N)=C(N)Oc4cc(OC(=O)/C=C/c5ccc(Cl)cc5)ccc43)cc2)cc1. The first-order valence-corrected chi connectivity index (χ1v) is 12.9. The zero-order chi connectivity index (χ0) is 28.1. The molecule has 198 valence electrons. The lowest BCUT2D eigenvalue weighted by Crippen LogP contribution is -2.21. The van der Waals surface area contributed by atoms with Gasteiger partial charge >= 0.3 is 5.97 Å². The molecule has 1 unspecified atom stereocenters. The molecule has 1 aliphatic rings. The first-order valence-electron chi connectivity index (χ1n) is 12.5. The summed E-state index contributed by atoms with van der Waals surface area (Å²) in [5.41, 5.74) is 11.1. The first-order chi connectivity index (χ1) is 19.4. The smallest absolute Gasteiger partial charge is 0.336 e. The molecule has 0 saturated carbocycles. The van der Waals surface area contributed by atoms with Crippen molar-refractivity contribution in [3.05, 3.63) is 141 Å². The van der Waals surface area contributed by atoms with Crippen LogP contribution < -0.4 is 19.9 Å². The minimum atomic E-state index is -0.551. The second-order valence-electron chi connectivity index (χ2n) is 9.27. The Hall–Kier alpha value is -4.99. The lowest BCUT2D eigenvalue weighted by molar-refractivity contribution is -0.128. The molecule has 2 N–H and O–H groups in total. The largest absolute Gasteiger partial charge is 0.489 e. The molecule has 0 aromatic heterocycles. The van der Waals surface area contributed by atoms with E-state index in [9.17, 15) is 10.1 Å². The zero-order valence-corrected chi connectivity index (χ0v) is 22.4. The molecule has 1 heterocycles. The molecule has 4 aromatic carbocycles. The average molecular weight is 549 g/mol. The van der Waals surface area contributed by atoms with Crippen LogP contribution in [0.25, 0.3) is 6.08 Å². The third-order valence-corrected chi connectivity index (χ3v) is 6.68. The molecule has 6 nitrogen and oxygen atoms in total. The van der Waals surface area contributed by atoms with E-state index < -0.39 is 11.9 Å². The van der Waals surface area contributed by atoms with Gasteiger partial charge in [0.1, 0.15) is 35.5 Å². The molecule has 4 aromatic rings. The quantitative estimate of drug-likeness (QED) is 0.151. The van der Waals surface area contributed by atoms with E-state index >= 15 is 0 Å². The van der Waals surface area contributed by atoms with Crippen molar-refractivity contribution in [2.24, 2.45) is 5.73 Å². The van der Waals surface area contributed by atoms with E-state index in [0.717, 1.165) is 22.3 Å². The van der Waals surface area contributed by atoms with Crippen LogP contribution in [0, 0.1) is 18.3 Å². The van der Waals surface area contributed by atoms with E-state index in [4.69, 9.17) is 31.5 Å². The number of fused-ring (bicyclic) bond motifs is 1. The van der Waals surface area contributed by atoms with Crippen LogP contribution in [-0.2, 0) is 11.4 Å². The van der Waals surface area contributed by atoms with Gasteiger partial charge in [0.25, 0.3) is 0 Å². The Bertz CT molecular complexity index is 1630. The number of aryl methyl sites for hydroxylation is 1. The van der Waals surface area contributed by atoms with Gasteiger partial charge in [-0.15, -0.1) is 0 Å². The van der Waals surface area contributed by atoms with Gasteiger partial charge in [0.05, 0.1) is 5.92 Å². The maximum Gasteiger partial charge on any atom is 0.336 e. The lowest BCUT2D eigenvalue weighted by atomic mass is 9.83. The number of ether oxygens (including phenoxy) is 3. The third kappa shape index (κ3) is 6.17. The number of nitrogens with two attached hydrogens (primary N) is 1. The monoisotopic (exact) mass is 548 g/mol. The summed E-state index contributed by atoms with van der Waals surface area (Å²) in [7, 11) is 0. The van der Waals surface area contributed by atoms with E-state index in [2.05, 4.69) is 18.2 Å². The summed E-state index contributed by atoms with van der Waals surface area (Å²) in [5.74, 6) is 0.412. The molecular formula is C33H25ClN2O4. The maximum absolute atomic E-state index is 12.4. The third-order valence-electron chi connectivity index (χ3n) is 6.43. The highest BCUT2D eigenvalue weighted by Gasteiger charge is 2.31. The average Bonchev–Trinajstić information content (AvgIpc) is 2.96. The number of hydrogen-bond acceptors (Lipinski definition) is 6. The van der Waals surface area contributed by atoms with Crippen molar-refractivity contribution in [2.75, 3.05) is 0 Å². The fourth-order valence-corrected chi connectivity index (χ4v) is 4.46. The number of hydrogen-bond donors (Lipinski definition) is 1. The van der Waals surface area contributed by atoms with Crippen LogP contribution >= 0.6 is 11.6 Å². The maximum atomic E-state index is 12.4. The topological polar surface area (TPSA) is 94.6 Å². The normalized spacial score (nSPS) is 14.3. The van der Waals surface area contributed by atoms with Crippen LogP contribution in [0.1, 0.15) is 33.7 Å². The number of halogens is 1. The highest BCUT2D eigenvalue weighted by molar-refractivity contribution is 6.30. The Kier molecular flexibility index (Phi) is 7.86. The number of carbonyl (C=O) groups is 1. The zero-order valence-electron chi connectivity index (χ0n) is 21.6. The molecule has 0 saturated heterocycles. The standard InChI is InChI=1S/C33H25ClN2O4/c1-21-2-4-23(5-3-21)20-38-26-13-9-24(10-14-26)32-28-16-15-27(18-30(28)40-33(36)29(32)19-35)39-31(37)17-8-22-6-11-25(34)12-7-22/h2-18,32H,20,36H2,1H3/b17-8+. The fourth-order valence-electron chi connectivity index (χ4n) is 4.34. The molecule has 7 heteroatoms. The molecule has 0 aliphatic carbocycles. The number of nitriles is 1. The van der Waals surface area contributed by atoms with Crippen molar-refractivity contribution in [2.45, 2.75) is 19.4 Å². The molecule has 1 atom stereocenters. The van der Waals surface area contributed by atoms with Gasteiger partial charge in [-0.1, -0.05) is 71.8 Å². The van der Waals surface area contributed by atoms with Gasteiger partial charge in [-0.2, -0.15) is 5.26 Å². The summed E-state index contributed by atoms with van der Waals surface area (Å²) < 4.78 is 17.2. The minimum Gasteiger partial charge on any atom is -0.489 e. The number of nitrogens with zero attached hydrogens (tertiary/aromatic N) is 1. The summed E-state index contributed by atoms with van der Waals surface area (Å²) in [4.78, 5) is 12.4. The van der Waals surface area contributed by atoms with Gasteiger partial charge in [-0.05, 0) is 60.0 Å². The van der Waals surface area contributed by atoms with Gasteiger partial charge in [-0.25, -0.2) is 4.79 Å². The molecule has 1 aliphatic heterocycles. The molecule has 0 fully saturated rings. The van der Waals surface area contributed by atoms with Gasteiger partial charge in [-0.3, -0.25) is 0 Å². The molecule has 0 spiro atoms. The number of allylic oxidation sites excluding steroid dienone is 1. The van der Waals surface area contributed by atoms with Crippen LogP contribution in [-0.4, -0.2) is 5.97 Å². The molecule has 0 bridgehead atoms. The van der Waals surface area contributed by atoms with Gasteiger partial charge in [0.15, 0.2) is 0 Å². The van der Waals surface area contributed by atoms with Crippen molar-refractivity contribution < 1.29 is 19.0 Å². The Morgan fingerprint density at radius 1 is 1.00 bits per heavy atom. The van der Waals surface area contributed by atoms with E-state index in [1.165, 1.54) is 11.6 Å². The molecule has 5 rings (SSSR count). The minimum absolute atomic E-state index is 0.00538. The number of carbonyl (C=O) groups excluding carboxylic acids is 1. The highest BCUT2D eigenvalue weighted by Crippen LogP contribution is 2.43. The number of rotatable bonds is 7. The van der Waals surface area contributed by atoms with E-state index in [-0.39, 0.29) is 11.6 Å². The van der Waals surface area contributed by atoms with Crippen molar-refractivity contribution in [1.29, 1.82) is 5.26 Å². The van der Waals surface area contributed by atoms with E-state index in [0.29, 0.717) is 28.7 Å². The van der Waals surface area contributed by atoms with Crippen molar-refractivity contribution in [3.8, 4) is 23.3 Å². The van der Waals surface area contributed by atoms with Gasteiger partial charge < -0.3 is 19.9 Å². The second kappa shape index (κ2) is 11.8. The molecular weight excluding hydrogens is 524 g/mol. The number of benzene rings is 4. The Morgan fingerprint density at radius 3 is 2.40 bits per heavy atom. The van der Waals surface area contributed by atoms with Gasteiger partial charge in [0, 0.05) is 22.7 Å². The molecule has 0 amide bonds. The summed E-state index contributed by atoms with van der Waals surface area (Å²) in [5, 5.41) is 10.5. The van der Waals surface area contributed by atoms with Crippen LogP contribution in [0.4, 0.5) is 0 Å². The lowest BCUT2D eigenvalue weighted by Gasteiger charge is -2.26. The summed E-state index contributed by atoms with van der Waals surface area (Å²) >= 11 is 5.90. The highest BCUT2D eigenvalue weighted by atomic mass is 35.5. The molecule has 40 heavy (non-hydrogen) atoms. The van der Waals surface area contributed by atoms with Crippen LogP contribution in [0.3, 0.4) is 0 Å². The molecule has 0 radical (unpaired) electrons. The van der Waals surface area contributed by atoms with Crippen molar-refractivity contribution in [1.82, 2.24) is 0 Å². The van der Waals surface area contributed by atoms with Crippen LogP contribution in [0.5, 0.6) is 17.2 Å². The summed E-state index contributed by atoms with van der Waals surface area (Å²) in [6.07, 6.45) is 2.97. The van der Waals surface area contributed by atoms with Gasteiger partial charge in [0.2, 0.25) is 5.88 Å². The predicted molar refractivity (Wildman–Crippen MR) is 154 cm³/mol. The first kappa shape index (κ1) is 26.6. The summed E-state index contributed by atoms with van der Waals surface area (Å²) in [6, 6.07) is 30.0. The van der Waals surface area contributed by atoms with E-state index in [1.54, 1.807) is 48.5 Å². The van der Waals surface area contributed by atoms with Crippen molar-refractivity contribution >= 4 is 23.6 Å². The van der Waals surface area contributed by atoms with E-state index in [1.807, 2.05) is 43.3 Å². The Morgan fingerprint density at radius 2 is 1.70 bits per heavy atom. The number of esters is 1. The van der Waals surface area contributed by atoms with Crippen LogP contribution in [0.15, 0.2) is 109 Å². The fraction of sp³-hybridized carbons (Fsp3) is 0.0909. The Labute approximate surface area is 237 Å². The van der Waals surface area contributed by atoms with Crippen molar-refractivity contribution in [3.63, 3.8) is 0 Å². The predicted octanol–water partition coefficient (Wildman–Crippen LogP) is 7.06. The second-order valence-corrected chi connectivity index (χ2v) is 9.71.